The van der Waals surface area contributed by atoms with Crippen LogP contribution in [-0.2, 0) is 11.3 Å². The van der Waals surface area contributed by atoms with Crippen molar-refractivity contribution in [1.82, 2.24) is 9.78 Å². The first-order valence-electron chi connectivity index (χ1n) is 5.38. The third-order valence-corrected chi connectivity index (χ3v) is 2.95. The molecular formula is C12H13IN4O. The number of nitrogens with zero attached hydrogens (tertiary/aromatic N) is 2. The highest BCUT2D eigenvalue weighted by Gasteiger charge is 2.07. The van der Waals surface area contributed by atoms with Gasteiger partial charge in [-0.2, -0.15) is 5.10 Å². The summed E-state index contributed by atoms with van der Waals surface area (Å²) in [5, 5.41) is 6.82. The summed E-state index contributed by atoms with van der Waals surface area (Å²) in [6.07, 6.45) is 3.51. The van der Waals surface area contributed by atoms with E-state index < -0.39 is 0 Å². The topological polar surface area (TPSA) is 72.9 Å². The van der Waals surface area contributed by atoms with Crippen LogP contribution in [0.4, 0.5) is 11.4 Å². The van der Waals surface area contributed by atoms with Crippen molar-refractivity contribution in [2.24, 2.45) is 0 Å². The maximum absolute atomic E-state index is 11.8. The smallest absolute Gasteiger partial charge is 0.246 e. The lowest BCUT2D eigenvalue weighted by molar-refractivity contribution is -0.116. The highest BCUT2D eigenvalue weighted by atomic mass is 127. The summed E-state index contributed by atoms with van der Waals surface area (Å²) in [7, 11) is 0. The van der Waals surface area contributed by atoms with E-state index in [1.165, 1.54) is 0 Å². The van der Waals surface area contributed by atoms with Crippen molar-refractivity contribution in [3.05, 3.63) is 39.7 Å². The Bertz CT molecular complexity index is 579. The van der Waals surface area contributed by atoms with Crippen LogP contribution in [0.1, 0.15) is 5.56 Å². The number of carbonyl (C=O) groups excluding carboxylic acids is 1. The fraction of sp³-hybridized carbons (Fsp3) is 0.167. The second-order valence-electron chi connectivity index (χ2n) is 4.00. The predicted octanol–water partition coefficient (Wildman–Crippen LogP) is 2.02. The van der Waals surface area contributed by atoms with Crippen LogP contribution in [0.5, 0.6) is 0 Å². The van der Waals surface area contributed by atoms with Crippen molar-refractivity contribution >= 4 is 39.9 Å². The van der Waals surface area contributed by atoms with Gasteiger partial charge in [0.15, 0.2) is 0 Å². The van der Waals surface area contributed by atoms with Crippen LogP contribution in [-0.4, -0.2) is 15.7 Å². The Hall–Kier alpha value is -1.57. The standard InChI is InChI=1S/C12H13IN4O/c1-8-2-3-11(10(14)4-8)16-12(18)7-17-6-9(13)5-15-17/h2-6H,7,14H2,1H3,(H,16,18). The summed E-state index contributed by atoms with van der Waals surface area (Å²) in [6.45, 7) is 2.13. The molecule has 0 spiro atoms. The Morgan fingerprint density at radius 2 is 2.33 bits per heavy atom. The first-order chi connectivity index (χ1) is 8.54. The Labute approximate surface area is 119 Å². The molecule has 1 heterocycles. The normalized spacial score (nSPS) is 10.3. The van der Waals surface area contributed by atoms with Crippen molar-refractivity contribution in [2.45, 2.75) is 13.5 Å². The number of carbonyl (C=O) groups is 1. The average Bonchev–Trinajstić information content (AvgIpc) is 2.68. The summed E-state index contributed by atoms with van der Waals surface area (Å²) >= 11 is 2.14. The van der Waals surface area contributed by atoms with Crippen LogP contribution in [0.2, 0.25) is 0 Å². The molecule has 0 unspecified atom stereocenters. The Balaban J connectivity index is 2.03. The lowest BCUT2D eigenvalue weighted by Gasteiger charge is -2.08. The molecule has 5 nitrogen and oxygen atoms in total. The van der Waals surface area contributed by atoms with Gasteiger partial charge in [-0.05, 0) is 47.2 Å². The zero-order chi connectivity index (χ0) is 13.1. The van der Waals surface area contributed by atoms with E-state index in [4.69, 9.17) is 5.73 Å². The Morgan fingerprint density at radius 1 is 1.56 bits per heavy atom. The molecule has 0 fully saturated rings. The molecule has 1 aromatic heterocycles. The first-order valence-corrected chi connectivity index (χ1v) is 6.46. The zero-order valence-corrected chi connectivity index (χ0v) is 12.0. The number of halogens is 1. The van der Waals surface area contributed by atoms with E-state index in [0.717, 1.165) is 9.13 Å². The summed E-state index contributed by atoms with van der Waals surface area (Å²) < 4.78 is 2.58. The van der Waals surface area contributed by atoms with Gasteiger partial charge in [-0.3, -0.25) is 9.48 Å². The number of amides is 1. The van der Waals surface area contributed by atoms with E-state index in [0.29, 0.717) is 11.4 Å². The van der Waals surface area contributed by atoms with Gasteiger partial charge in [0, 0.05) is 6.20 Å². The van der Waals surface area contributed by atoms with Crippen LogP contribution >= 0.6 is 22.6 Å². The molecule has 0 saturated heterocycles. The van der Waals surface area contributed by atoms with Gasteiger partial charge in [0.25, 0.3) is 0 Å². The van der Waals surface area contributed by atoms with Crippen molar-refractivity contribution in [3.63, 3.8) is 0 Å². The average molecular weight is 356 g/mol. The highest BCUT2D eigenvalue weighted by molar-refractivity contribution is 14.1. The van der Waals surface area contributed by atoms with Crippen LogP contribution in [0.25, 0.3) is 0 Å². The van der Waals surface area contributed by atoms with Gasteiger partial charge >= 0.3 is 0 Å². The highest BCUT2D eigenvalue weighted by Crippen LogP contribution is 2.19. The van der Waals surface area contributed by atoms with Crippen LogP contribution in [0, 0.1) is 10.5 Å². The third kappa shape index (κ3) is 3.22. The molecule has 0 aliphatic rings. The lowest BCUT2D eigenvalue weighted by atomic mass is 10.2. The van der Waals surface area contributed by atoms with Crippen molar-refractivity contribution in [1.29, 1.82) is 0 Å². The number of rotatable bonds is 3. The molecule has 1 aromatic carbocycles. The van der Waals surface area contributed by atoms with Crippen molar-refractivity contribution in [3.8, 4) is 0 Å². The number of hydrogen-bond acceptors (Lipinski definition) is 3. The van der Waals surface area contributed by atoms with E-state index >= 15 is 0 Å². The van der Waals surface area contributed by atoms with Crippen LogP contribution < -0.4 is 11.1 Å². The fourth-order valence-corrected chi connectivity index (χ4v) is 2.00. The zero-order valence-electron chi connectivity index (χ0n) is 9.85. The number of nitrogens with two attached hydrogens (primary N) is 1. The quantitative estimate of drug-likeness (QED) is 0.653. The summed E-state index contributed by atoms with van der Waals surface area (Å²) in [5.74, 6) is -0.148. The lowest BCUT2D eigenvalue weighted by Crippen LogP contribution is -2.19. The van der Waals surface area contributed by atoms with E-state index in [1.54, 1.807) is 23.1 Å². The second kappa shape index (κ2) is 5.38. The summed E-state index contributed by atoms with van der Waals surface area (Å²) in [4.78, 5) is 11.8. The van der Waals surface area contributed by atoms with Gasteiger partial charge in [0.1, 0.15) is 6.54 Å². The number of nitrogen functional groups attached to an aromatic ring is 1. The molecule has 0 bridgehead atoms. The minimum Gasteiger partial charge on any atom is -0.397 e. The van der Waals surface area contributed by atoms with Crippen LogP contribution in [0.15, 0.2) is 30.6 Å². The maximum atomic E-state index is 11.8. The van der Waals surface area contributed by atoms with Gasteiger partial charge in [-0.1, -0.05) is 6.07 Å². The van der Waals surface area contributed by atoms with Crippen molar-refractivity contribution < 1.29 is 4.79 Å². The number of benzene rings is 1. The molecule has 0 radical (unpaired) electrons. The molecule has 2 rings (SSSR count). The molecule has 2 aromatic rings. The van der Waals surface area contributed by atoms with E-state index in [-0.39, 0.29) is 12.5 Å². The first kappa shape index (κ1) is 12.9. The van der Waals surface area contributed by atoms with Gasteiger partial charge in [-0.25, -0.2) is 0 Å². The molecule has 6 heteroatoms. The molecule has 0 atom stereocenters. The molecule has 0 saturated carbocycles. The van der Waals surface area contributed by atoms with Gasteiger partial charge < -0.3 is 11.1 Å². The molecule has 1 amide bonds. The second-order valence-corrected chi connectivity index (χ2v) is 5.24. The largest absolute Gasteiger partial charge is 0.397 e. The summed E-state index contributed by atoms with van der Waals surface area (Å²) in [6, 6.07) is 5.53. The molecule has 0 aliphatic heterocycles. The van der Waals surface area contributed by atoms with E-state index in [9.17, 15) is 4.79 Å². The van der Waals surface area contributed by atoms with Gasteiger partial charge in [0.05, 0.1) is 21.1 Å². The molecular weight excluding hydrogens is 343 g/mol. The van der Waals surface area contributed by atoms with Crippen LogP contribution in [0.3, 0.4) is 0 Å². The number of hydrogen-bond donors (Lipinski definition) is 2. The van der Waals surface area contributed by atoms with E-state index in [2.05, 4.69) is 33.0 Å². The minimum atomic E-state index is -0.148. The monoisotopic (exact) mass is 356 g/mol. The molecule has 94 valence electrons. The van der Waals surface area contributed by atoms with Gasteiger partial charge in [-0.15, -0.1) is 0 Å². The fourth-order valence-electron chi connectivity index (χ4n) is 1.56. The molecule has 3 N–H and O–H groups in total. The number of aromatic nitrogens is 2. The predicted molar refractivity (Wildman–Crippen MR) is 79.2 cm³/mol. The Morgan fingerprint density at radius 3 is 2.94 bits per heavy atom. The number of nitrogens with one attached hydrogen (secondary N) is 1. The maximum Gasteiger partial charge on any atom is 0.246 e. The third-order valence-electron chi connectivity index (χ3n) is 2.39. The molecule has 0 aliphatic carbocycles. The molecule has 18 heavy (non-hydrogen) atoms. The Kier molecular flexibility index (Phi) is 3.85. The number of anilines is 2. The summed E-state index contributed by atoms with van der Waals surface area (Å²) in [5.41, 5.74) is 8.09. The van der Waals surface area contributed by atoms with Gasteiger partial charge in [0.2, 0.25) is 5.91 Å². The van der Waals surface area contributed by atoms with Crippen molar-refractivity contribution in [2.75, 3.05) is 11.1 Å². The minimum absolute atomic E-state index is 0.148. The van der Waals surface area contributed by atoms with E-state index in [1.807, 2.05) is 19.1 Å². The number of aryl methyl sites for hydroxylation is 1. The SMILES string of the molecule is Cc1ccc(NC(=O)Cn2cc(I)cn2)c(N)c1.